The number of aromatic nitrogens is 2. The summed E-state index contributed by atoms with van der Waals surface area (Å²) in [5.41, 5.74) is 8.89. The molecule has 35 heavy (non-hydrogen) atoms. The second-order valence-electron chi connectivity index (χ2n) is 9.31. The molecule has 3 aromatic rings. The lowest BCUT2D eigenvalue weighted by Gasteiger charge is -2.33. The smallest absolute Gasteiger partial charge is 0.235 e. The SMILES string of the molecule is COc1ccc2ncc(F)c(C[C@@H](N)[C@H]3CC[C@H](NCc4ccc5c(n4)NC(=O)CS5)CC3)c2c1. The molecule has 5 rings (SSSR count). The van der Waals surface area contributed by atoms with Gasteiger partial charge in [-0.25, -0.2) is 9.37 Å². The highest BCUT2D eigenvalue weighted by molar-refractivity contribution is 8.00. The Labute approximate surface area is 208 Å². The van der Waals surface area contributed by atoms with E-state index in [1.807, 2.05) is 30.3 Å². The van der Waals surface area contributed by atoms with Crippen LogP contribution in [0.1, 0.15) is 36.9 Å². The van der Waals surface area contributed by atoms with Gasteiger partial charge in [0.25, 0.3) is 0 Å². The topological polar surface area (TPSA) is 102 Å². The highest BCUT2D eigenvalue weighted by Gasteiger charge is 2.27. The normalized spacial score (nSPS) is 20.8. The van der Waals surface area contributed by atoms with E-state index in [1.54, 1.807) is 7.11 Å². The van der Waals surface area contributed by atoms with Crippen LogP contribution in [0, 0.1) is 11.7 Å². The van der Waals surface area contributed by atoms with Crippen LogP contribution in [0.25, 0.3) is 10.9 Å². The number of carbonyl (C=O) groups excluding carboxylic acids is 1. The number of carbonyl (C=O) groups is 1. The highest BCUT2D eigenvalue weighted by atomic mass is 32.2. The van der Waals surface area contributed by atoms with Gasteiger partial charge in [0.1, 0.15) is 17.4 Å². The molecular weight excluding hydrogens is 465 g/mol. The van der Waals surface area contributed by atoms with Gasteiger partial charge in [0, 0.05) is 29.6 Å². The largest absolute Gasteiger partial charge is 0.497 e. The Balaban J connectivity index is 1.16. The van der Waals surface area contributed by atoms with Crippen molar-refractivity contribution in [2.24, 2.45) is 11.7 Å². The summed E-state index contributed by atoms with van der Waals surface area (Å²) in [6.45, 7) is 0.658. The van der Waals surface area contributed by atoms with Crippen LogP contribution in [0.3, 0.4) is 0 Å². The highest BCUT2D eigenvalue weighted by Crippen LogP contribution is 2.32. The quantitative estimate of drug-likeness (QED) is 0.455. The molecule has 1 fully saturated rings. The Morgan fingerprint density at radius 3 is 2.89 bits per heavy atom. The number of methoxy groups -OCH3 is 1. The number of amides is 1. The number of fused-ring (bicyclic) bond motifs is 2. The molecule has 1 atom stereocenters. The summed E-state index contributed by atoms with van der Waals surface area (Å²) in [6, 6.07) is 9.84. The monoisotopic (exact) mass is 495 g/mol. The number of pyridine rings is 2. The van der Waals surface area contributed by atoms with Crippen LogP contribution in [0.2, 0.25) is 0 Å². The molecule has 0 unspecified atom stereocenters. The molecule has 1 amide bonds. The molecule has 1 aromatic carbocycles. The first-order chi connectivity index (χ1) is 17.0. The molecule has 1 aliphatic carbocycles. The van der Waals surface area contributed by atoms with Crippen LogP contribution in [-0.2, 0) is 17.8 Å². The zero-order chi connectivity index (χ0) is 24.4. The molecule has 2 aliphatic rings. The number of hydrogen-bond donors (Lipinski definition) is 3. The van der Waals surface area contributed by atoms with E-state index in [9.17, 15) is 9.18 Å². The van der Waals surface area contributed by atoms with Gasteiger partial charge in [0.05, 0.1) is 35.2 Å². The van der Waals surface area contributed by atoms with Crippen molar-refractivity contribution in [2.75, 3.05) is 18.2 Å². The van der Waals surface area contributed by atoms with E-state index >= 15 is 0 Å². The minimum absolute atomic E-state index is 0.00597. The molecule has 2 aromatic heterocycles. The molecule has 0 radical (unpaired) electrons. The van der Waals surface area contributed by atoms with Gasteiger partial charge in [-0.1, -0.05) is 0 Å². The molecule has 7 nitrogen and oxygen atoms in total. The summed E-state index contributed by atoms with van der Waals surface area (Å²) < 4.78 is 20.1. The van der Waals surface area contributed by atoms with E-state index in [-0.39, 0.29) is 17.8 Å². The van der Waals surface area contributed by atoms with E-state index in [0.717, 1.165) is 47.2 Å². The Hall–Kier alpha value is -2.75. The van der Waals surface area contributed by atoms with Crippen LogP contribution in [0.5, 0.6) is 5.75 Å². The number of hydrogen-bond acceptors (Lipinski definition) is 7. The first kappa shape index (κ1) is 24.0. The molecule has 0 bridgehead atoms. The van der Waals surface area contributed by atoms with Gasteiger partial charge in [-0.3, -0.25) is 9.78 Å². The fraction of sp³-hybridized carbons (Fsp3) is 0.423. The third-order valence-corrected chi connectivity index (χ3v) is 8.10. The Morgan fingerprint density at radius 1 is 1.26 bits per heavy atom. The second kappa shape index (κ2) is 10.5. The van der Waals surface area contributed by atoms with E-state index in [2.05, 4.69) is 20.6 Å². The van der Waals surface area contributed by atoms with Crippen LogP contribution in [0.15, 0.2) is 41.4 Å². The van der Waals surface area contributed by atoms with Crippen LogP contribution < -0.4 is 21.1 Å². The van der Waals surface area contributed by atoms with Gasteiger partial charge in [0.2, 0.25) is 5.91 Å². The lowest BCUT2D eigenvalue weighted by Crippen LogP contribution is -2.39. The fourth-order valence-electron chi connectivity index (χ4n) is 5.04. The first-order valence-electron chi connectivity index (χ1n) is 12.0. The first-order valence-corrected chi connectivity index (χ1v) is 13.0. The maximum atomic E-state index is 14.7. The van der Waals surface area contributed by atoms with E-state index < -0.39 is 0 Å². The Bertz CT molecular complexity index is 1230. The number of benzene rings is 1. The number of halogens is 1. The van der Waals surface area contributed by atoms with Crippen molar-refractivity contribution in [3.8, 4) is 5.75 Å². The standard InChI is InChI=1S/C26H30FN5O2S/c1-34-18-7-8-23-20(10-18)19(21(27)13-30-23)11-22(28)15-2-4-16(5-3-15)29-12-17-6-9-24-26(31-17)32-25(33)14-35-24/h6-10,13,15-16,22,29H,2-5,11-12,14,28H2,1H3,(H,31,32,33)/t15-,16-,22-/m1/s1. The molecule has 3 heterocycles. The molecule has 9 heteroatoms. The van der Waals surface area contributed by atoms with Gasteiger partial charge in [-0.15, -0.1) is 11.8 Å². The van der Waals surface area contributed by atoms with Gasteiger partial charge in [-0.05, 0) is 68.4 Å². The maximum absolute atomic E-state index is 14.7. The number of nitrogens with zero attached hydrogens (tertiary/aromatic N) is 2. The van der Waals surface area contributed by atoms with Crippen LogP contribution in [0.4, 0.5) is 10.2 Å². The number of rotatable bonds is 7. The van der Waals surface area contributed by atoms with E-state index in [0.29, 0.717) is 47.8 Å². The van der Waals surface area contributed by atoms with E-state index in [4.69, 9.17) is 10.5 Å². The molecular formula is C26H30FN5O2S. The number of thioether (sulfide) groups is 1. The minimum atomic E-state index is -0.316. The predicted octanol–water partition coefficient (Wildman–Crippen LogP) is 4.04. The van der Waals surface area contributed by atoms with Crippen molar-refractivity contribution in [2.45, 2.75) is 55.6 Å². The summed E-state index contributed by atoms with van der Waals surface area (Å²) in [6.07, 6.45) is 5.79. The molecule has 1 saturated carbocycles. The maximum Gasteiger partial charge on any atom is 0.235 e. The zero-order valence-electron chi connectivity index (χ0n) is 19.7. The van der Waals surface area contributed by atoms with Crippen molar-refractivity contribution in [3.05, 3.63) is 53.6 Å². The number of ether oxygens (including phenoxy) is 1. The second-order valence-corrected chi connectivity index (χ2v) is 10.3. The summed E-state index contributed by atoms with van der Waals surface area (Å²) in [5.74, 6) is 1.80. The lowest BCUT2D eigenvalue weighted by atomic mass is 9.79. The number of anilines is 1. The van der Waals surface area contributed by atoms with Gasteiger partial charge >= 0.3 is 0 Å². The average Bonchev–Trinajstić information content (AvgIpc) is 2.88. The van der Waals surface area contributed by atoms with Crippen molar-refractivity contribution in [1.82, 2.24) is 15.3 Å². The van der Waals surface area contributed by atoms with Crippen LogP contribution >= 0.6 is 11.8 Å². The molecule has 0 saturated heterocycles. The lowest BCUT2D eigenvalue weighted by molar-refractivity contribution is -0.113. The van der Waals surface area contributed by atoms with Crippen LogP contribution in [-0.4, -0.2) is 40.8 Å². The van der Waals surface area contributed by atoms with E-state index in [1.165, 1.54) is 18.0 Å². The predicted molar refractivity (Wildman–Crippen MR) is 136 cm³/mol. The summed E-state index contributed by atoms with van der Waals surface area (Å²) in [7, 11) is 1.60. The van der Waals surface area contributed by atoms with Gasteiger partial charge in [-0.2, -0.15) is 0 Å². The van der Waals surface area contributed by atoms with Crippen molar-refractivity contribution in [3.63, 3.8) is 0 Å². The minimum Gasteiger partial charge on any atom is -0.497 e. The summed E-state index contributed by atoms with van der Waals surface area (Å²) in [5, 5.41) is 7.22. The Kier molecular flexibility index (Phi) is 7.17. The number of nitrogens with two attached hydrogens (primary N) is 1. The third-order valence-electron chi connectivity index (χ3n) is 7.06. The average molecular weight is 496 g/mol. The third kappa shape index (κ3) is 5.42. The summed E-state index contributed by atoms with van der Waals surface area (Å²) in [4.78, 5) is 21.5. The molecule has 184 valence electrons. The molecule has 4 N–H and O–H groups in total. The fourth-order valence-corrected chi connectivity index (χ4v) is 5.80. The molecule has 1 aliphatic heterocycles. The molecule has 0 spiro atoms. The van der Waals surface area contributed by atoms with Gasteiger partial charge < -0.3 is 21.1 Å². The van der Waals surface area contributed by atoms with Crippen molar-refractivity contribution >= 4 is 34.4 Å². The van der Waals surface area contributed by atoms with Crippen molar-refractivity contribution in [1.29, 1.82) is 0 Å². The van der Waals surface area contributed by atoms with Crippen molar-refractivity contribution < 1.29 is 13.9 Å². The Morgan fingerprint density at radius 2 is 2.09 bits per heavy atom. The summed E-state index contributed by atoms with van der Waals surface area (Å²) >= 11 is 1.52. The number of nitrogens with one attached hydrogen (secondary N) is 2. The van der Waals surface area contributed by atoms with Gasteiger partial charge in [0.15, 0.2) is 0 Å². The zero-order valence-corrected chi connectivity index (χ0v) is 20.5.